The Labute approximate surface area is 152 Å². The second-order valence-electron chi connectivity index (χ2n) is 5.92. The molecule has 3 rings (SSSR count). The Balaban J connectivity index is 1.79. The number of nitrogens with one attached hydrogen (secondary N) is 1. The summed E-state index contributed by atoms with van der Waals surface area (Å²) in [6, 6.07) is 15.4. The summed E-state index contributed by atoms with van der Waals surface area (Å²) in [5.74, 6) is 0.819. The van der Waals surface area contributed by atoms with Gasteiger partial charge in [-0.25, -0.2) is 0 Å². The predicted octanol–water partition coefficient (Wildman–Crippen LogP) is 6.31. The average Bonchev–Trinajstić information content (AvgIpc) is 2.90. The molecule has 0 spiro atoms. The topological polar surface area (TPSA) is 25.0 Å². The van der Waals surface area contributed by atoms with Crippen molar-refractivity contribution in [1.29, 1.82) is 0 Å². The molecule has 1 atom stereocenters. The van der Waals surface area contributed by atoms with Crippen LogP contribution in [0.2, 0.25) is 10.0 Å². The molecular weight excluding hydrogens is 341 g/mol. The zero-order valence-electron chi connectivity index (χ0n) is 13.6. The van der Waals surface area contributed by atoms with Crippen LogP contribution in [-0.2, 0) is 6.42 Å². The SMILES string of the molecule is Cc1c[nH]c(CC(C)Oc2ccc(Cl)cc2)c1-c1cccc(Cl)c1. The minimum Gasteiger partial charge on any atom is -0.490 e. The fraction of sp³-hybridized carbons (Fsp3) is 0.200. The number of halogens is 2. The minimum absolute atomic E-state index is 0.0298. The molecule has 0 saturated heterocycles. The van der Waals surface area contributed by atoms with Crippen LogP contribution in [-0.4, -0.2) is 11.1 Å². The summed E-state index contributed by atoms with van der Waals surface area (Å²) in [7, 11) is 0. The smallest absolute Gasteiger partial charge is 0.119 e. The van der Waals surface area contributed by atoms with Crippen molar-refractivity contribution in [3.63, 3.8) is 0 Å². The molecule has 124 valence electrons. The van der Waals surface area contributed by atoms with E-state index in [0.717, 1.165) is 28.5 Å². The van der Waals surface area contributed by atoms with Crippen LogP contribution in [0.25, 0.3) is 11.1 Å². The van der Waals surface area contributed by atoms with Gasteiger partial charge in [-0.05, 0) is 61.4 Å². The Bertz CT molecular complexity index is 824. The largest absolute Gasteiger partial charge is 0.490 e. The molecule has 0 aliphatic heterocycles. The normalized spacial score (nSPS) is 12.2. The first-order chi connectivity index (χ1) is 11.5. The lowest BCUT2D eigenvalue weighted by Gasteiger charge is -2.15. The van der Waals surface area contributed by atoms with Crippen molar-refractivity contribution in [3.8, 4) is 16.9 Å². The molecule has 0 aliphatic rings. The molecule has 1 aromatic heterocycles. The standard InChI is InChI=1S/C20H19Cl2NO/c1-13-12-23-19(20(13)15-4-3-5-17(22)11-15)10-14(2)24-18-8-6-16(21)7-9-18/h3-9,11-12,14,23H,10H2,1-2H3. The lowest BCUT2D eigenvalue weighted by molar-refractivity contribution is 0.221. The summed E-state index contributed by atoms with van der Waals surface area (Å²) in [6.45, 7) is 4.16. The van der Waals surface area contributed by atoms with Crippen molar-refractivity contribution in [3.05, 3.63) is 76.0 Å². The number of aromatic amines is 1. The minimum atomic E-state index is 0.0298. The highest BCUT2D eigenvalue weighted by Gasteiger charge is 2.15. The van der Waals surface area contributed by atoms with Gasteiger partial charge in [0.2, 0.25) is 0 Å². The third-order valence-corrected chi connectivity index (χ3v) is 4.40. The summed E-state index contributed by atoms with van der Waals surface area (Å²) >= 11 is 12.1. The van der Waals surface area contributed by atoms with Crippen molar-refractivity contribution in [1.82, 2.24) is 4.98 Å². The summed E-state index contributed by atoms with van der Waals surface area (Å²) in [5, 5.41) is 1.45. The van der Waals surface area contributed by atoms with Crippen LogP contribution in [0.1, 0.15) is 18.2 Å². The highest BCUT2D eigenvalue weighted by molar-refractivity contribution is 6.31. The van der Waals surface area contributed by atoms with E-state index in [1.54, 1.807) is 0 Å². The molecule has 2 aromatic carbocycles. The van der Waals surface area contributed by atoms with Gasteiger partial charge < -0.3 is 9.72 Å². The molecule has 0 fully saturated rings. The Morgan fingerprint density at radius 1 is 1.04 bits per heavy atom. The van der Waals surface area contributed by atoms with E-state index in [9.17, 15) is 0 Å². The Morgan fingerprint density at radius 2 is 1.79 bits per heavy atom. The first kappa shape index (κ1) is 16.9. The van der Waals surface area contributed by atoms with E-state index in [0.29, 0.717) is 5.02 Å². The summed E-state index contributed by atoms with van der Waals surface area (Å²) < 4.78 is 5.99. The van der Waals surface area contributed by atoms with Crippen LogP contribution < -0.4 is 4.74 Å². The molecule has 0 amide bonds. The molecular formula is C20H19Cl2NO. The number of H-pyrrole nitrogens is 1. The molecule has 1 heterocycles. The summed E-state index contributed by atoms with van der Waals surface area (Å²) in [5.41, 5.74) is 4.67. The van der Waals surface area contributed by atoms with Gasteiger partial charge in [0.1, 0.15) is 11.9 Å². The van der Waals surface area contributed by atoms with E-state index in [1.807, 2.05) is 48.7 Å². The number of rotatable bonds is 5. The third-order valence-electron chi connectivity index (χ3n) is 3.91. The Kier molecular flexibility index (Phi) is 5.17. The molecule has 0 bridgehead atoms. The van der Waals surface area contributed by atoms with Crippen molar-refractivity contribution in [2.45, 2.75) is 26.4 Å². The van der Waals surface area contributed by atoms with Gasteiger partial charge in [-0.15, -0.1) is 0 Å². The number of ether oxygens (including phenoxy) is 1. The molecule has 3 aromatic rings. The van der Waals surface area contributed by atoms with Crippen LogP contribution in [0, 0.1) is 6.92 Å². The number of hydrogen-bond acceptors (Lipinski definition) is 1. The van der Waals surface area contributed by atoms with Crippen LogP contribution in [0.4, 0.5) is 0 Å². The maximum Gasteiger partial charge on any atom is 0.119 e. The number of aromatic nitrogens is 1. The lowest BCUT2D eigenvalue weighted by Crippen LogP contribution is -2.15. The van der Waals surface area contributed by atoms with E-state index >= 15 is 0 Å². The van der Waals surface area contributed by atoms with Gasteiger partial charge >= 0.3 is 0 Å². The number of aryl methyl sites for hydroxylation is 1. The van der Waals surface area contributed by atoms with E-state index < -0.39 is 0 Å². The fourth-order valence-electron chi connectivity index (χ4n) is 2.86. The third kappa shape index (κ3) is 3.95. The van der Waals surface area contributed by atoms with E-state index in [1.165, 1.54) is 11.1 Å². The zero-order valence-corrected chi connectivity index (χ0v) is 15.2. The number of hydrogen-bond donors (Lipinski definition) is 1. The second-order valence-corrected chi connectivity index (χ2v) is 6.79. The summed E-state index contributed by atoms with van der Waals surface area (Å²) in [4.78, 5) is 3.37. The first-order valence-electron chi connectivity index (χ1n) is 7.88. The van der Waals surface area contributed by atoms with E-state index in [4.69, 9.17) is 27.9 Å². The monoisotopic (exact) mass is 359 g/mol. The van der Waals surface area contributed by atoms with Gasteiger partial charge in [-0.1, -0.05) is 35.3 Å². The molecule has 1 unspecified atom stereocenters. The van der Waals surface area contributed by atoms with Crippen molar-refractivity contribution in [2.75, 3.05) is 0 Å². The van der Waals surface area contributed by atoms with Gasteiger partial charge in [-0.2, -0.15) is 0 Å². The summed E-state index contributed by atoms with van der Waals surface area (Å²) in [6.07, 6.45) is 2.83. The van der Waals surface area contributed by atoms with Gasteiger partial charge in [0, 0.05) is 33.9 Å². The molecule has 0 saturated carbocycles. The predicted molar refractivity (Wildman–Crippen MR) is 101 cm³/mol. The van der Waals surface area contributed by atoms with Gasteiger partial charge in [0.05, 0.1) is 0 Å². The zero-order chi connectivity index (χ0) is 17.1. The maximum atomic E-state index is 6.15. The van der Waals surface area contributed by atoms with Crippen molar-refractivity contribution in [2.24, 2.45) is 0 Å². The molecule has 2 nitrogen and oxygen atoms in total. The van der Waals surface area contributed by atoms with Crippen molar-refractivity contribution >= 4 is 23.2 Å². The van der Waals surface area contributed by atoms with Crippen molar-refractivity contribution < 1.29 is 4.74 Å². The maximum absolute atomic E-state index is 6.15. The van der Waals surface area contributed by atoms with Gasteiger partial charge in [-0.3, -0.25) is 0 Å². The van der Waals surface area contributed by atoms with E-state index in [2.05, 4.69) is 24.9 Å². The number of benzene rings is 2. The lowest BCUT2D eigenvalue weighted by atomic mass is 10.00. The van der Waals surface area contributed by atoms with Gasteiger partial charge in [0.25, 0.3) is 0 Å². The first-order valence-corrected chi connectivity index (χ1v) is 8.63. The van der Waals surface area contributed by atoms with Crippen LogP contribution in [0.5, 0.6) is 5.75 Å². The van der Waals surface area contributed by atoms with E-state index in [-0.39, 0.29) is 6.10 Å². The quantitative estimate of drug-likeness (QED) is 0.567. The molecule has 0 aliphatic carbocycles. The van der Waals surface area contributed by atoms with Crippen LogP contribution in [0.3, 0.4) is 0 Å². The van der Waals surface area contributed by atoms with Gasteiger partial charge in [0.15, 0.2) is 0 Å². The Hall–Kier alpha value is -1.90. The molecule has 1 N–H and O–H groups in total. The second kappa shape index (κ2) is 7.33. The molecule has 0 radical (unpaired) electrons. The molecule has 4 heteroatoms. The molecule has 24 heavy (non-hydrogen) atoms. The highest BCUT2D eigenvalue weighted by atomic mass is 35.5. The Morgan fingerprint density at radius 3 is 2.50 bits per heavy atom. The average molecular weight is 360 g/mol. The fourth-order valence-corrected chi connectivity index (χ4v) is 3.18. The highest BCUT2D eigenvalue weighted by Crippen LogP contribution is 2.30. The van der Waals surface area contributed by atoms with Crippen LogP contribution in [0.15, 0.2) is 54.7 Å². The van der Waals surface area contributed by atoms with Crippen LogP contribution >= 0.6 is 23.2 Å².